The zero-order valence-electron chi connectivity index (χ0n) is 11.0. The average molecular weight is 232 g/mol. The maximum Gasteiger partial charge on any atom is 0.121 e. The topological polar surface area (TPSA) is 22.4 Å². The molecule has 0 radical (unpaired) electrons. The summed E-state index contributed by atoms with van der Waals surface area (Å²) in [5.41, 5.74) is 1.18. The minimum atomic E-state index is 0.956. The summed E-state index contributed by atoms with van der Waals surface area (Å²) in [5.74, 6) is 3.03. The van der Waals surface area contributed by atoms with Crippen molar-refractivity contribution in [2.75, 3.05) is 7.11 Å². The van der Waals surface area contributed by atoms with Gasteiger partial charge in [-0.25, -0.2) is 0 Å². The Morgan fingerprint density at radius 1 is 1.06 bits per heavy atom. The smallest absolute Gasteiger partial charge is 0.121 e. The van der Waals surface area contributed by atoms with Gasteiger partial charge in [-0.2, -0.15) is 0 Å². The van der Waals surface area contributed by atoms with Gasteiger partial charge in [0.2, 0.25) is 0 Å². The molecule has 0 fully saturated rings. The summed E-state index contributed by atoms with van der Waals surface area (Å²) in [7, 11) is 1.68. The third kappa shape index (κ3) is 4.35. The van der Waals surface area contributed by atoms with Crippen LogP contribution in [0.3, 0.4) is 0 Å². The Labute approximate surface area is 103 Å². The van der Waals surface area contributed by atoms with Crippen LogP contribution >= 0.6 is 0 Å². The highest BCUT2D eigenvalue weighted by atomic mass is 16.5. The number of aryl methyl sites for hydroxylation is 3. The number of benzene rings is 1. The molecule has 1 aromatic heterocycles. The molecular weight excluding hydrogens is 212 g/mol. The molecule has 0 unspecified atom stereocenters. The number of ether oxygens (including phenoxy) is 1. The number of furan rings is 1. The summed E-state index contributed by atoms with van der Waals surface area (Å²) in [5, 5.41) is 0. The minimum absolute atomic E-state index is 0.956. The van der Waals surface area contributed by atoms with Gasteiger partial charge in [0.15, 0.2) is 0 Å². The lowest BCUT2D eigenvalue weighted by atomic mass is 10.2. The average Bonchev–Trinajstić information content (AvgIpc) is 2.77. The van der Waals surface area contributed by atoms with Gasteiger partial charge >= 0.3 is 0 Å². The summed E-state index contributed by atoms with van der Waals surface area (Å²) in [6, 6.07) is 11.9. The second kappa shape index (κ2) is 6.79. The fourth-order valence-electron chi connectivity index (χ4n) is 1.46. The van der Waals surface area contributed by atoms with Gasteiger partial charge in [-0.3, -0.25) is 0 Å². The molecule has 0 saturated carbocycles. The molecular formula is C15H20O2. The van der Waals surface area contributed by atoms with Crippen LogP contribution in [0.15, 0.2) is 40.8 Å². The molecule has 2 heteroatoms. The van der Waals surface area contributed by atoms with Gasteiger partial charge in [-0.05, 0) is 37.6 Å². The molecule has 0 amide bonds. The van der Waals surface area contributed by atoms with E-state index in [1.54, 1.807) is 7.11 Å². The van der Waals surface area contributed by atoms with Gasteiger partial charge < -0.3 is 9.15 Å². The van der Waals surface area contributed by atoms with Crippen LogP contribution in [0.5, 0.6) is 5.75 Å². The Bertz CT molecular complexity index is 444. The van der Waals surface area contributed by atoms with E-state index in [9.17, 15) is 0 Å². The van der Waals surface area contributed by atoms with E-state index >= 15 is 0 Å². The predicted molar refractivity (Wildman–Crippen MR) is 70.6 cm³/mol. The maximum atomic E-state index is 5.23. The lowest BCUT2D eigenvalue weighted by Gasteiger charge is -2.00. The van der Waals surface area contributed by atoms with Crippen molar-refractivity contribution >= 4 is 0 Å². The summed E-state index contributed by atoms with van der Waals surface area (Å²) < 4.78 is 10.3. The molecule has 2 nitrogen and oxygen atoms in total. The van der Waals surface area contributed by atoms with E-state index < -0.39 is 0 Å². The second-order valence-electron chi connectivity index (χ2n) is 3.84. The molecule has 2 aromatic rings. The molecule has 1 aromatic carbocycles. The second-order valence-corrected chi connectivity index (χ2v) is 3.84. The van der Waals surface area contributed by atoms with Crippen molar-refractivity contribution in [3.05, 3.63) is 53.5 Å². The molecule has 0 aliphatic carbocycles. The number of methoxy groups -OCH3 is 1. The van der Waals surface area contributed by atoms with Gasteiger partial charge in [0.1, 0.15) is 17.3 Å². The first-order valence-electron chi connectivity index (χ1n) is 5.82. The first kappa shape index (κ1) is 13.4. The van der Waals surface area contributed by atoms with Crippen LogP contribution in [-0.4, -0.2) is 7.11 Å². The highest BCUT2D eigenvalue weighted by Crippen LogP contribution is 2.14. The monoisotopic (exact) mass is 232 g/mol. The van der Waals surface area contributed by atoms with Crippen LogP contribution in [-0.2, 0) is 6.42 Å². The van der Waals surface area contributed by atoms with Crippen molar-refractivity contribution in [1.29, 1.82) is 0 Å². The van der Waals surface area contributed by atoms with E-state index in [0.29, 0.717) is 0 Å². The van der Waals surface area contributed by atoms with Crippen LogP contribution in [0, 0.1) is 13.8 Å². The molecule has 0 spiro atoms. The van der Waals surface area contributed by atoms with Gasteiger partial charge in [-0.1, -0.05) is 25.1 Å². The number of hydrogen-bond acceptors (Lipinski definition) is 2. The van der Waals surface area contributed by atoms with Gasteiger partial charge in [-0.15, -0.1) is 0 Å². The molecule has 2 rings (SSSR count). The van der Waals surface area contributed by atoms with Gasteiger partial charge in [0.05, 0.1) is 7.11 Å². The van der Waals surface area contributed by atoms with Crippen LogP contribution in [0.1, 0.15) is 24.0 Å². The fourth-order valence-corrected chi connectivity index (χ4v) is 1.46. The summed E-state index contributed by atoms with van der Waals surface area (Å²) in [6.45, 7) is 6.07. The highest BCUT2D eigenvalue weighted by Gasteiger charge is 1.91. The molecule has 1 heterocycles. The summed E-state index contributed by atoms with van der Waals surface area (Å²) in [6.07, 6.45) is 0.994. The molecule has 0 N–H and O–H groups in total. The number of rotatable bonds is 2. The van der Waals surface area contributed by atoms with Crippen LogP contribution in [0.25, 0.3) is 0 Å². The van der Waals surface area contributed by atoms with E-state index in [1.165, 1.54) is 5.56 Å². The van der Waals surface area contributed by atoms with Crippen LogP contribution in [0.4, 0.5) is 0 Å². The van der Waals surface area contributed by atoms with Crippen molar-refractivity contribution in [3.63, 3.8) is 0 Å². The number of hydrogen-bond donors (Lipinski definition) is 0. The molecule has 0 aliphatic heterocycles. The van der Waals surface area contributed by atoms with Crippen molar-refractivity contribution < 1.29 is 9.15 Å². The van der Waals surface area contributed by atoms with Crippen LogP contribution in [0.2, 0.25) is 0 Å². The highest BCUT2D eigenvalue weighted by molar-refractivity contribution is 5.31. The van der Waals surface area contributed by atoms with Gasteiger partial charge in [0, 0.05) is 6.42 Å². The zero-order valence-corrected chi connectivity index (χ0v) is 11.0. The van der Waals surface area contributed by atoms with E-state index in [0.717, 1.165) is 23.7 Å². The van der Waals surface area contributed by atoms with Crippen molar-refractivity contribution in [3.8, 4) is 5.75 Å². The fraction of sp³-hybridized carbons (Fsp3) is 0.333. The normalized spacial score (nSPS) is 9.41. The molecule has 0 saturated heterocycles. The number of para-hydroxylation sites is 1. The molecule has 0 bridgehead atoms. The third-order valence-corrected chi connectivity index (χ3v) is 2.46. The first-order valence-corrected chi connectivity index (χ1v) is 5.82. The lowest BCUT2D eigenvalue weighted by Crippen LogP contribution is -1.84. The Morgan fingerprint density at radius 3 is 2.12 bits per heavy atom. The summed E-state index contributed by atoms with van der Waals surface area (Å²) >= 11 is 0. The Kier molecular flexibility index (Phi) is 5.34. The Morgan fingerprint density at radius 2 is 1.76 bits per heavy atom. The standard InChI is InChI=1S/C8H10O.C7H10O/c1-7-5-3-4-6-8(7)9-2;1-3-7-5-4-6(2)8-7/h3-6H,1-2H3;4-5H,3H2,1-2H3. The van der Waals surface area contributed by atoms with E-state index in [1.807, 2.05) is 50.2 Å². The molecule has 0 aliphatic rings. The Balaban J connectivity index is 0.000000171. The maximum absolute atomic E-state index is 5.23. The largest absolute Gasteiger partial charge is 0.496 e. The lowest BCUT2D eigenvalue weighted by molar-refractivity contribution is 0.411. The van der Waals surface area contributed by atoms with Crippen molar-refractivity contribution in [2.24, 2.45) is 0 Å². The van der Waals surface area contributed by atoms with Crippen LogP contribution < -0.4 is 4.74 Å². The molecule has 0 atom stereocenters. The predicted octanol–water partition coefficient (Wildman–Crippen LogP) is 4.15. The summed E-state index contributed by atoms with van der Waals surface area (Å²) in [4.78, 5) is 0. The molecule has 17 heavy (non-hydrogen) atoms. The molecule has 92 valence electrons. The quantitative estimate of drug-likeness (QED) is 0.776. The van der Waals surface area contributed by atoms with E-state index in [2.05, 4.69) is 6.92 Å². The minimum Gasteiger partial charge on any atom is -0.496 e. The van der Waals surface area contributed by atoms with E-state index in [-0.39, 0.29) is 0 Å². The van der Waals surface area contributed by atoms with Crippen molar-refractivity contribution in [1.82, 2.24) is 0 Å². The van der Waals surface area contributed by atoms with Gasteiger partial charge in [0.25, 0.3) is 0 Å². The third-order valence-electron chi connectivity index (χ3n) is 2.46. The van der Waals surface area contributed by atoms with Crippen molar-refractivity contribution in [2.45, 2.75) is 27.2 Å². The SMILES string of the molecule is CCc1ccc(C)o1.COc1ccccc1C. The Hall–Kier alpha value is -1.70. The first-order chi connectivity index (χ1) is 8.17. The zero-order chi connectivity index (χ0) is 12.7. The van der Waals surface area contributed by atoms with E-state index in [4.69, 9.17) is 9.15 Å².